The quantitative estimate of drug-likeness (QED) is 0.758. The predicted molar refractivity (Wildman–Crippen MR) is 63.3 cm³/mol. The van der Waals surface area contributed by atoms with Crippen LogP contribution in [0.5, 0.6) is 0 Å². The second-order valence-electron chi connectivity index (χ2n) is 3.65. The molecule has 0 saturated carbocycles. The fourth-order valence-electron chi connectivity index (χ4n) is 1.31. The maximum Gasteiger partial charge on any atom is 0.262 e. The molecule has 1 rings (SSSR count). The van der Waals surface area contributed by atoms with Crippen molar-refractivity contribution in [3.8, 4) is 0 Å². The third-order valence-corrected chi connectivity index (χ3v) is 3.05. The molecule has 0 aliphatic rings. The Morgan fingerprint density at radius 3 is 2.87 bits per heavy atom. The molecule has 1 aromatic rings. The lowest BCUT2D eigenvalue weighted by Gasteiger charge is -2.02. The molecular formula is C11H18N2OS. The summed E-state index contributed by atoms with van der Waals surface area (Å²) in [5.41, 5.74) is 0.913. The third kappa shape index (κ3) is 4.42. The first-order valence-electron chi connectivity index (χ1n) is 5.45. The summed E-state index contributed by atoms with van der Waals surface area (Å²) in [7, 11) is 0. The highest BCUT2D eigenvalue weighted by Crippen LogP contribution is 2.08. The van der Waals surface area contributed by atoms with Crippen LogP contribution in [0.3, 0.4) is 0 Å². The van der Waals surface area contributed by atoms with Crippen molar-refractivity contribution < 1.29 is 4.79 Å². The Labute approximate surface area is 95.1 Å². The second kappa shape index (κ2) is 6.56. The highest BCUT2D eigenvalue weighted by Gasteiger charge is 2.07. The number of hydrogen-bond donors (Lipinski definition) is 1. The number of nitrogens with one attached hydrogen (secondary N) is 1. The number of rotatable bonds is 6. The van der Waals surface area contributed by atoms with Crippen LogP contribution in [0.25, 0.3) is 0 Å². The van der Waals surface area contributed by atoms with Gasteiger partial charge in [0.25, 0.3) is 5.91 Å². The lowest BCUT2D eigenvalue weighted by molar-refractivity contribution is 0.0957. The highest BCUT2D eigenvalue weighted by molar-refractivity contribution is 7.08. The highest BCUT2D eigenvalue weighted by atomic mass is 32.1. The van der Waals surface area contributed by atoms with E-state index in [1.807, 2.05) is 13.0 Å². The minimum absolute atomic E-state index is 0.0112. The van der Waals surface area contributed by atoms with Gasteiger partial charge >= 0.3 is 0 Å². The first kappa shape index (κ1) is 12.2. The fourth-order valence-corrected chi connectivity index (χ4v) is 1.98. The Hall–Kier alpha value is -0.900. The Bertz CT molecular complexity index is 309. The summed E-state index contributed by atoms with van der Waals surface area (Å²) in [4.78, 5) is 12.3. The molecule has 1 N–H and O–H groups in total. The number of aromatic nitrogens is 1. The summed E-state index contributed by atoms with van der Waals surface area (Å²) in [6.07, 6.45) is 4.73. The number of carbonyl (C=O) groups excluding carboxylic acids is 1. The molecule has 1 aromatic heterocycles. The average Bonchev–Trinajstić information content (AvgIpc) is 2.64. The molecule has 0 spiro atoms. The Morgan fingerprint density at radius 1 is 1.47 bits per heavy atom. The van der Waals surface area contributed by atoms with Gasteiger partial charge in [-0.3, -0.25) is 4.79 Å². The van der Waals surface area contributed by atoms with Crippen LogP contribution in [0.4, 0.5) is 0 Å². The lowest BCUT2D eigenvalue weighted by atomic mass is 10.2. The van der Waals surface area contributed by atoms with Gasteiger partial charge in [-0.25, -0.2) is 0 Å². The summed E-state index contributed by atoms with van der Waals surface area (Å²) >= 11 is 1.26. The molecule has 0 fully saturated rings. The van der Waals surface area contributed by atoms with Crippen molar-refractivity contribution >= 4 is 17.4 Å². The van der Waals surface area contributed by atoms with Crippen LogP contribution in [0.1, 0.15) is 48.0 Å². The molecule has 0 bridgehead atoms. The van der Waals surface area contributed by atoms with Crippen LogP contribution in [0.15, 0.2) is 6.07 Å². The van der Waals surface area contributed by atoms with Gasteiger partial charge < -0.3 is 5.32 Å². The van der Waals surface area contributed by atoms with Crippen molar-refractivity contribution in [2.24, 2.45) is 0 Å². The largest absolute Gasteiger partial charge is 0.351 e. The molecule has 15 heavy (non-hydrogen) atoms. The van der Waals surface area contributed by atoms with Crippen molar-refractivity contribution in [3.05, 3.63) is 16.6 Å². The molecule has 0 atom stereocenters. The van der Waals surface area contributed by atoms with Crippen molar-refractivity contribution in [2.45, 2.75) is 39.5 Å². The molecule has 84 valence electrons. The first-order chi connectivity index (χ1) is 7.24. The van der Waals surface area contributed by atoms with Gasteiger partial charge in [0, 0.05) is 6.54 Å². The molecule has 0 unspecified atom stereocenters. The summed E-state index contributed by atoms with van der Waals surface area (Å²) in [6, 6.07) is 1.83. The van der Waals surface area contributed by atoms with E-state index in [-0.39, 0.29) is 5.91 Å². The van der Waals surface area contributed by atoms with Crippen molar-refractivity contribution in [1.82, 2.24) is 9.69 Å². The van der Waals surface area contributed by atoms with Gasteiger partial charge in [0.05, 0.1) is 5.69 Å². The minimum atomic E-state index is 0.0112. The van der Waals surface area contributed by atoms with Crippen LogP contribution in [0.2, 0.25) is 0 Å². The van der Waals surface area contributed by atoms with E-state index < -0.39 is 0 Å². The van der Waals surface area contributed by atoms with E-state index in [0.717, 1.165) is 18.7 Å². The van der Waals surface area contributed by atoms with Gasteiger partial charge in [-0.1, -0.05) is 26.2 Å². The van der Waals surface area contributed by atoms with Crippen LogP contribution in [-0.4, -0.2) is 16.8 Å². The normalized spacial score (nSPS) is 10.3. The summed E-state index contributed by atoms with van der Waals surface area (Å²) in [6.45, 7) is 4.85. The number of unbranched alkanes of at least 4 members (excludes halogenated alkanes) is 3. The van der Waals surface area contributed by atoms with Gasteiger partial charge in [0.2, 0.25) is 0 Å². The summed E-state index contributed by atoms with van der Waals surface area (Å²) in [5, 5.41) is 2.90. The van der Waals surface area contributed by atoms with Gasteiger partial charge in [0.1, 0.15) is 4.88 Å². The van der Waals surface area contributed by atoms with E-state index in [0.29, 0.717) is 4.88 Å². The van der Waals surface area contributed by atoms with E-state index in [1.54, 1.807) is 0 Å². The number of nitrogens with zero attached hydrogens (tertiary/aromatic N) is 1. The zero-order valence-corrected chi connectivity index (χ0v) is 10.2. The molecule has 3 nitrogen and oxygen atoms in total. The Balaban J connectivity index is 2.19. The number of hydrogen-bond acceptors (Lipinski definition) is 3. The zero-order valence-electron chi connectivity index (χ0n) is 9.38. The molecular weight excluding hydrogens is 208 g/mol. The molecule has 1 amide bonds. The van der Waals surface area contributed by atoms with Gasteiger partial charge in [-0.2, -0.15) is 4.37 Å². The fraction of sp³-hybridized carbons (Fsp3) is 0.636. The van der Waals surface area contributed by atoms with Crippen molar-refractivity contribution in [2.75, 3.05) is 6.54 Å². The zero-order chi connectivity index (χ0) is 11.1. The number of amides is 1. The Kier molecular flexibility index (Phi) is 5.32. The van der Waals surface area contributed by atoms with Gasteiger partial charge in [-0.05, 0) is 30.9 Å². The second-order valence-corrected chi connectivity index (χ2v) is 4.45. The molecule has 4 heteroatoms. The molecule has 1 heterocycles. The monoisotopic (exact) mass is 226 g/mol. The van der Waals surface area contributed by atoms with Crippen LogP contribution in [0, 0.1) is 6.92 Å². The standard InChI is InChI=1S/C11H18N2OS/c1-3-4-5-6-7-12-11(14)10-8-9(2)13-15-10/h8H,3-7H2,1-2H3,(H,12,14). The minimum Gasteiger partial charge on any atom is -0.351 e. The first-order valence-corrected chi connectivity index (χ1v) is 6.23. The molecule has 0 radical (unpaired) electrons. The van der Waals surface area contributed by atoms with Crippen molar-refractivity contribution in [3.63, 3.8) is 0 Å². The van der Waals surface area contributed by atoms with Crippen LogP contribution < -0.4 is 5.32 Å². The molecule has 0 aliphatic carbocycles. The molecule has 0 aliphatic heterocycles. The SMILES string of the molecule is CCCCCCNC(=O)c1cc(C)ns1. The Morgan fingerprint density at radius 2 is 2.27 bits per heavy atom. The maximum absolute atomic E-state index is 11.6. The van der Waals surface area contributed by atoms with E-state index in [1.165, 1.54) is 30.8 Å². The topological polar surface area (TPSA) is 42.0 Å². The van der Waals surface area contributed by atoms with E-state index in [2.05, 4.69) is 16.6 Å². The van der Waals surface area contributed by atoms with Gasteiger partial charge in [-0.15, -0.1) is 0 Å². The third-order valence-electron chi connectivity index (χ3n) is 2.17. The lowest BCUT2D eigenvalue weighted by Crippen LogP contribution is -2.23. The van der Waals surface area contributed by atoms with E-state index >= 15 is 0 Å². The van der Waals surface area contributed by atoms with Crippen LogP contribution >= 0.6 is 11.5 Å². The summed E-state index contributed by atoms with van der Waals surface area (Å²) in [5.74, 6) is 0.0112. The maximum atomic E-state index is 11.6. The number of aryl methyl sites for hydroxylation is 1. The predicted octanol–water partition coefficient (Wildman–Crippen LogP) is 2.76. The molecule has 0 saturated heterocycles. The van der Waals surface area contributed by atoms with Gasteiger partial charge in [0.15, 0.2) is 0 Å². The molecule has 0 aromatic carbocycles. The van der Waals surface area contributed by atoms with E-state index in [9.17, 15) is 4.79 Å². The summed E-state index contributed by atoms with van der Waals surface area (Å²) < 4.78 is 4.08. The van der Waals surface area contributed by atoms with E-state index in [4.69, 9.17) is 0 Å². The smallest absolute Gasteiger partial charge is 0.262 e. The number of carbonyl (C=O) groups is 1. The average molecular weight is 226 g/mol. The van der Waals surface area contributed by atoms with Crippen LogP contribution in [-0.2, 0) is 0 Å². The van der Waals surface area contributed by atoms with Crippen molar-refractivity contribution in [1.29, 1.82) is 0 Å².